The quantitative estimate of drug-likeness (QED) is 0.135. The number of nitrogens with zero attached hydrogens (tertiary/aromatic N) is 2. The average Bonchev–Trinajstić information content (AvgIpc) is 3.28. The van der Waals surface area contributed by atoms with Crippen LogP contribution in [0, 0.1) is 0 Å². The molecule has 0 bridgehead atoms. The van der Waals surface area contributed by atoms with Crippen molar-refractivity contribution in [1.82, 2.24) is 9.55 Å². The third-order valence-electron chi connectivity index (χ3n) is 5.65. The molecule has 4 rings (SSSR count). The molecule has 0 spiro atoms. The first-order chi connectivity index (χ1) is 16.8. The minimum atomic E-state index is -0.387. The number of benzene rings is 3. The van der Waals surface area contributed by atoms with E-state index >= 15 is 0 Å². The van der Waals surface area contributed by atoms with Gasteiger partial charge in [0.25, 0.3) is 0 Å². The van der Waals surface area contributed by atoms with E-state index in [-0.39, 0.29) is 12.0 Å². The van der Waals surface area contributed by atoms with E-state index in [1.54, 1.807) is 0 Å². The van der Waals surface area contributed by atoms with Gasteiger partial charge in [-0.1, -0.05) is 111 Å². The third-order valence-corrected chi connectivity index (χ3v) is 5.65. The van der Waals surface area contributed by atoms with Crippen LogP contribution in [0.15, 0.2) is 91.0 Å². The molecular weight excluding hydrogens is 424 g/mol. The third kappa shape index (κ3) is 5.73. The van der Waals surface area contributed by atoms with Crippen molar-refractivity contribution >= 4 is 5.97 Å². The molecule has 0 saturated heterocycles. The molecule has 0 fully saturated rings. The topological polar surface area (TPSA) is 53.4 Å². The molecule has 5 nitrogen and oxygen atoms in total. The van der Waals surface area contributed by atoms with Crippen molar-refractivity contribution in [3.63, 3.8) is 0 Å². The van der Waals surface area contributed by atoms with E-state index in [4.69, 9.17) is 14.8 Å². The highest BCUT2D eigenvalue weighted by atomic mass is 17.2. The Morgan fingerprint density at radius 3 is 2.00 bits per heavy atom. The highest BCUT2D eigenvalue weighted by Gasteiger charge is 2.24. The highest BCUT2D eigenvalue weighted by molar-refractivity contribution is 5.81. The molecule has 0 saturated carbocycles. The smallest absolute Gasteiger partial charge is 0.258 e. The standard InChI is InChI=1S/C29H30N2O3/c1-2-3-4-5-15-22-26(32)33-34-29-30-27(23-16-9-6-10-17-23)28(24-18-11-7-12-19-24)31(29)25-20-13-8-14-21-25/h6-14,16-21H,2-5,15,22H2,1H3. The summed E-state index contributed by atoms with van der Waals surface area (Å²) >= 11 is 0. The highest BCUT2D eigenvalue weighted by Crippen LogP contribution is 2.37. The lowest BCUT2D eigenvalue weighted by molar-refractivity contribution is -0.217. The Morgan fingerprint density at radius 1 is 0.765 bits per heavy atom. The summed E-state index contributed by atoms with van der Waals surface area (Å²) in [6, 6.07) is 30.0. The zero-order valence-electron chi connectivity index (χ0n) is 19.5. The predicted octanol–water partition coefficient (Wildman–Crippen LogP) is 7.40. The van der Waals surface area contributed by atoms with Crippen molar-refractivity contribution in [3.05, 3.63) is 91.0 Å². The molecule has 0 aliphatic heterocycles. The molecule has 4 aromatic rings. The Hall–Kier alpha value is -3.86. The van der Waals surface area contributed by atoms with Crippen LogP contribution in [-0.4, -0.2) is 15.5 Å². The number of hydrogen-bond donors (Lipinski definition) is 0. The summed E-state index contributed by atoms with van der Waals surface area (Å²) in [5.74, 6) is -0.387. The second-order valence-corrected chi connectivity index (χ2v) is 8.20. The summed E-state index contributed by atoms with van der Waals surface area (Å²) in [6.07, 6.45) is 5.61. The van der Waals surface area contributed by atoms with Crippen molar-refractivity contribution in [2.45, 2.75) is 45.4 Å². The number of aromatic nitrogens is 2. The van der Waals surface area contributed by atoms with Crippen LogP contribution in [0.3, 0.4) is 0 Å². The number of carbonyl (C=O) groups excluding carboxylic acids is 1. The SMILES string of the molecule is CCCCCCCC(=O)OOc1nc(-c2ccccc2)c(-c2ccccc2)n1-c1ccccc1. The summed E-state index contributed by atoms with van der Waals surface area (Å²) in [5, 5.41) is 0. The second kappa shape index (κ2) is 11.8. The van der Waals surface area contributed by atoms with Crippen molar-refractivity contribution in [2.75, 3.05) is 0 Å². The maximum absolute atomic E-state index is 12.3. The lowest BCUT2D eigenvalue weighted by atomic mass is 10.0. The molecule has 0 unspecified atom stereocenters. The summed E-state index contributed by atoms with van der Waals surface area (Å²) in [4.78, 5) is 27.9. The van der Waals surface area contributed by atoms with E-state index in [0.717, 1.165) is 47.5 Å². The predicted molar refractivity (Wildman–Crippen MR) is 135 cm³/mol. The molecule has 3 aromatic carbocycles. The van der Waals surface area contributed by atoms with Crippen LogP contribution >= 0.6 is 0 Å². The summed E-state index contributed by atoms with van der Waals surface area (Å²) < 4.78 is 1.90. The van der Waals surface area contributed by atoms with E-state index in [0.29, 0.717) is 6.42 Å². The summed E-state index contributed by atoms with van der Waals surface area (Å²) in [6.45, 7) is 2.17. The van der Waals surface area contributed by atoms with Crippen LogP contribution in [0.5, 0.6) is 6.01 Å². The summed E-state index contributed by atoms with van der Waals surface area (Å²) in [5.41, 5.74) is 4.41. The van der Waals surface area contributed by atoms with Gasteiger partial charge in [-0.15, -0.1) is 0 Å². The zero-order valence-corrected chi connectivity index (χ0v) is 19.5. The van der Waals surface area contributed by atoms with Gasteiger partial charge in [-0.2, -0.15) is 4.98 Å². The molecule has 34 heavy (non-hydrogen) atoms. The molecule has 0 amide bonds. The number of hydrogen-bond acceptors (Lipinski definition) is 4. The molecule has 0 N–H and O–H groups in total. The zero-order chi connectivity index (χ0) is 23.6. The fourth-order valence-corrected chi connectivity index (χ4v) is 3.93. The number of imidazole rings is 1. The van der Waals surface area contributed by atoms with Gasteiger partial charge in [0.05, 0.1) is 17.8 Å². The fraction of sp³-hybridized carbons (Fsp3) is 0.241. The fourth-order valence-electron chi connectivity index (χ4n) is 3.93. The van der Waals surface area contributed by atoms with E-state index < -0.39 is 0 Å². The van der Waals surface area contributed by atoms with Gasteiger partial charge in [0.15, 0.2) is 0 Å². The van der Waals surface area contributed by atoms with Crippen molar-refractivity contribution < 1.29 is 14.6 Å². The Bertz CT molecular complexity index is 1170. The molecule has 1 aromatic heterocycles. The first-order valence-electron chi connectivity index (χ1n) is 11.9. The van der Waals surface area contributed by atoms with Gasteiger partial charge in [-0.3, -0.25) is 4.57 Å². The van der Waals surface area contributed by atoms with Gasteiger partial charge in [-0.05, 0) is 18.6 Å². The largest absolute Gasteiger partial charge is 0.355 e. The van der Waals surface area contributed by atoms with Gasteiger partial charge < -0.3 is 0 Å². The minimum Gasteiger partial charge on any atom is -0.258 e. The van der Waals surface area contributed by atoms with Gasteiger partial charge in [0, 0.05) is 11.1 Å². The van der Waals surface area contributed by atoms with E-state index in [9.17, 15) is 4.79 Å². The van der Waals surface area contributed by atoms with Gasteiger partial charge in [0.1, 0.15) is 5.69 Å². The average molecular weight is 455 g/mol. The molecule has 0 radical (unpaired) electrons. The normalized spacial score (nSPS) is 10.7. The molecule has 1 heterocycles. The Balaban J connectivity index is 1.69. The van der Waals surface area contributed by atoms with Crippen molar-refractivity contribution in [2.24, 2.45) is 0 Å². The van der Waals surface area contributed by atoms with E-state index in [1.165, 1.54) is 12.8 Å². The first kappa shape index (κ1) is 23.3. The van der Waals surface area contributed by atoms with Crippen LogP contribution in [0.2, 0.25) is 0 Å². The Labute approximate surface area is 200 Å². The molecule has 0 aliphatic carbocycles. The van der Waals surface area contributed by atoms with Crippen molar-refractivity contribution in [1.29, 1.82) is 0 Å². The number of para-hydroxylation sites is 1. The van der Waals surface area contributed by atoms with Crippen LogP contribution in [0.1, 0.15) is 45.4 Å². The number of unbranched alkanes of at least 4 members (excludes halogenated alkanes) is 4. The lowest BCUT2D eigenvalue weighted by Crippen LogP contribution is -2.11. The lowest BCUT2D eigenvalue weighted by Gasteiger charge is -2.12. The molecule has 0 aliphatic rings. The first-order valence-corrected chi connectivity index (χ1v) is 11.9. The maximum Gasteiger partial charge on any atom is 0.355 e. The molecule has 174 valence electrons. The van der Waals surface area contributed by atoms with Crippen LogP contribution < -0.4 is 4.89 Å². The van der Waals surface area contributed by atoms with Crippen LogP contribution in [0.4, 0.5) is 0 Å². The van der Waals surface area contributed by atoms with E-state index in [1.807, 2.05) is 95.6 Å². The van der Waals surface area contributed by atoms with Crippen LogP contribution in [0.25, 0.3) is 28.2 Å². The van der Waals surface area contributed by atoms with Gasteiger partial charge >= 0.3 is 12.0 Å². The van der Waals surface area contributed by atoms with Gasteiger partial charge in [0.2, 0.25) is 0 Å². The van der Waals surface area contributed by atoms with E-state index in [2.05, 4.69) is 6.92 Å². The Morgan fingerprint density at radius 2 is 1.35 bits per heavy atom. The molecular formula is C29H30N2O3. The van der Waals surface area contributed by atoms with Crippen molar-refractivity contribution in [3.8, 4) is 34.2 Å². The van der Waals surface area contributed by atoms with Crippen LogP contribution in [-0.2, 0) is 9.68 Å². The Kier molecular flexibility index (Phi) is 8.12. The number of rotatable bonds is 11. The molecule has 0 atom stereocenters. The second-order valence-electron chi connectivity index (χ2n) is 8.20. The van der Waals surface area contributed by atoms with Gasteiger partial charge in [-0.25, -0.2) is 14.6 Å². The minimum absolute atomic E-state index is 0.211. The monoisotopic (exact) mass is 454 g/mol. The molecule has 5 heteroatoms. The summed E-state index contributed by atoms with van der Waals surface area (Å²) in [7, 11) is 0. The number of carbonyl (C=O) groups is 1. The maximum atomic E-state index is 12.3.